The van der Waals surface area contributed by atoms with Gasteiger partial charge in [0.15, 0.2) is 0 Å². The van der Waals surface area contributed by atoms with Gasteiger partial charge in [0.2, 0.25) is 0 Å². The summed E-state index contributed by atoms with van der Waals surface area (Å²) in [5.74, 6) is 0.863. The van der Waals surface area contributed by atoms with Crippen LogP contribution in [0.15, 0.2) is 0 Å². The Balaban J connectivity index is 2.71. The van der Waals surface area contributed by atoms with Crippen molar-refractivity contribution in [1.29, 1.82) is 0 Å². The summed E-state index contributed by atoms with van der Waals surface area (Å²) >= 11 is 0. The molecule has 2 N–H and O–H groups in total. The average Bonchev–Trinajstić information content (AvgIpc) is 2.35. The van der Waals surface area contributed by atoms with Crippen LogP contribution in [0.1, 0.15) is 66.7 Å². The Hall–Kier alpha value is -0.0800. The lowest BCUT2D eigenvalue weighted by Gasteiger charge is -2.50. The summed E-state index contributed by atoms with van der Waals surface area (Å²) < 4.78 is 0. The molecule has 1 aliphatic carbocycles. The van der Waals surface area contributed by atoms with Crippen molar-refractivity contribution in [1.82, 2.24) is 4.90 Å². The molecule has 0 saturated heterocycles. The van der Waals surface area contributed by atoms with Gasteiger partial charge in [0.05, 0.1) is 0 Å². The molecule has 0 spiro atoms. The van der Waals surface area contributed by atoms with E-state index in [-0.39, 0.29) is 5.54 Å². The van der Waals surface area contributed by atoms with Gasteiger partial charge in [0.25, 0.3) is 0 Å². The molecule has 0 aromatic heterocycles. The van der Waals surface area contributed by atoms with Gasteiger partial charge in [-0.1, -0.05) is 27.7 Å². The van der Waals surface area contributed by atoms with Crippen molar-refractivity contribution in [3.63, 3.8) is 0 Å². The van der Waals surface area contributed by atoms with E-state index >= 15 is 0 Å². The van der Waals surface area contributed by atoms with Crippen molar-refractivity contribution in [3.05, 3.63) is 0 Å². The standard InChI is InChI=1S/C16H34N2/c1-7-13(2)18(6)16(12-17)10-8-14(9-11-16)15(3,4)5/h13-14H,7-12,17H2,1-6H3. The van der Waals surface area contributed by atoms with E-state index in [4.69, 9.17) is 5.73 Å². The number of nitrogens with two attached hydrogens (primary N) is 1. The highest BCUT2D eigenvalue weighted by atomic mass is 15.2. The van der Waals surface area contributed by atoms with Crippen molar-refractivity contribution < 1.29 is 0 Å². The number of hydrogen-bond donors (Lipinski definition) is 1. The van der Waals surface area contributed by atoms with Crippen LogP contribution >= 0.6 is 0 Å². The summed E-state index contributed by atoms with van der Waals surface area (Å²) in [4.78, 5) is 2.56. The van der Waals surface area contributed by atoms with Crippen LogP contribution in [0.3, 0.4) is 0 Å². The molecule has 1 fully saturated rings. The van der Waals surface area contributed by atoms with Crippen molar-refractivity contribution in [2.24, 2.45) is 17.1 Å². The lowest BCUT2D eigenvalue weighted by Crippen LogP contribution is -2.57. The van der Waals surface area contributed by atoms with Crippen LogP contribution in [-0.4, -0.2) is 30.1 Å². The zero-order valence-electron chi connectivity index (χ0n) is 13.4. The van der Waals surface area contributed by atoms with Crippen molar-refractivity contribution in [2.75, 3.05) is 13.6 Å². The highest BCUT2D eigenvalue weighted by molar-refractivity contribution is 4.97. The second kappa shape index (κ2) is 5.92. The molecule has 2 nitrogen and oxygen atoms in total. The maximum absolute atomic E-state index is 6.14. The minimum absolute atomic E-state index is 0.261. The van der Waals surface area contributed by atoms with Gasteiger partial charge in [-0.25, -0.2) is 0 Å². The van der Waals surface area contributed by atoms with Crippen LogP contribution in [0, 0.1) is 11.3 Å². The molecular formula is C16H34N2. The topological polar surface area (TPSA) is 29.3 Å². The largest absolute Gasteiger partial charge is 0.329 e. The first-order chi connectivity index (χ1) is 8.27. The Morgan fingerprint density at radius 1 is 1.28 bits per heavy atom. The van der Waals surface area contributed by atoms with E-state index in [9.17, 15) is 0 Å². The van der Waals surface area contributed by atoms with E-state index in [1.54, 1.807) is 0 Å². The van der Waals surface area contributed by atoms with Gasteiger partial charge in [-0.3, -0.25) is 4.90 Å². The maximum atomic E-state index is 6.14. The lowest BCUT2D eigenvalue weighted by molar-refractivity contribution is 0.0150. The zero-order valence-corrected chi connectivity index (χ0v) is 13.4. The summed E-state index contributed by atoms with van der Waals surface area (Å²) in [5, 5.41) is 0. The third-order valence-electron chi connectivity index (χ3n) is 5.52. The van der Waals surface area contributed by atoms with Gasteiger partial charge < -0.3 is 5.73 Å². The van der Waals surface area contributed by atoms with Gasteiger partial charge in [-0.2, -0.15) is 0 Å². The van der Waals surface area contributed by atoms with Gasteiger partial charge >= 0.3 is 0 Å². The summed E-state index contributed by atoms with van der Waals surface area (Å²) in [6.45, 7) is 12.5. The molecule has 1 rings (SSSR count). The molecule has 0 heterocycles. The highest BCUT2D eigenvalue weighted by Gasteiger charge is 2.41. The van der Waals surface area contributed by atoms with Crippen molar-refractivity contribution in [2.45, 2.75) is 78.3 Å². The fourth-order valence-electron chi connectivity index (χ4n) is 3.46. The monoisotopic (exact) mass is 254 g/mol. The average molecular weight is 254 g/mol. The Morgan fingerprint density at radius 3 is 2.11 bits per heavy atom. The normalized spacial score (nSPS) is 31.7. The minimum atomic E-state index is 0.261. The third kappa shape index (κ3) is 3.27. The van der Waals surface area contributed by atoms with Crippen LogP contribution < -0.4 is 5.73 Å². The number of nitrogens with zero attached hydrogens (tertiary/aromatic N) is 1. The number of likely N-dealkylation sites (N-methyl/N-ethyl adjacent to an activating group) is 1. The summed E-state index contributed by atoms with van der Waals surface area (Å²) in [6.07, 6.45) is 6.42. The van der Waals surface area contributed by atoms with Gasteiger partial charge in [0.1, 0.15) is 0 Å². The molecule has 0 aromatic carbocycles. The Labute approximate surface area is 114 Å². The second-order valence-electron chi connectivity index (χ2n) is 7.44. The van der Waals surface area contributed by atoms with E-state index < -0.39 is 0 Å². The zero-order chi connectivity index (χ0) is 14.0. The Morgan fingerprint density at radius 2 is 1.78 bits per heavy atom. The smallest absolute Gasteiger partial charge is 0.0331 e. The van der Waals surface area contributed by atoms with Crippen molar-refractivity contribution >= 4 is 0 Å². The first-order valence-corrected chi connectivity index (χ1v) is 7.70. The fourth-order valence-corrected chi connectivity index (χ4v) is 3.46. The molecule has 1 saturated carbocycles. The van der Waals surface area contributed by atoms with Gasteiger partial charge in [-0.05, 0) is 57.4 Å². The highest BCUT2D eigenvalue weighted by Crippen LogP contribution is 2.43. The summed E-state index contributed by atoms with van der Waals surface area (Å²) in [6, 6.07) is 0.639. The number of hydrogen-bond acceptors (Lipinski definition) is 2. The fraction of sp³-hybridized carbons (Fsp3) is 1.00. The molecule has 1 aliphatic rings. The summed E-state index contributed by atoms with van der Waals surface area (Å²) in [5.41, 5.74) is 6.86. The molecule has 2 heteroatoms. The van der Waals surface area contributed by atoms with Crippen LogP contribution in [0.5, 0.6) is 0 Å². The SMILES string of the molecule is CCC(C)N(C)C1(CN)CCC(C(C)(C)C)CC1. The minimum Gasteiger partial charge on any atom is -0.329 e. The first kappa shape index (κ1) is 16.0. The molecule has 1 unspecified atom stereocenters. The Kier molecular flexibility index (Phi) is 5.25. The van der Waals surface area contributed by atoms with E-state index in [1.807, 2.05) is 0 Å². The molecule has 0 amide bonds. The Bertz CT molecular complexity index is 246. The van der Waals surface area contributed by atoms with Crippen LogP contribution in [-0.2, 0) is 0 Å². The lowest BCUT2D eigenvalue weighted by atomic mass is 9.66. The van der Waals surface area contributed by atoms with E-state index in [0.29, 0.717) is 11.5 Å². The van der Waals surface area contributed by atoms with E-state index in [1.165, 1.54) is 32.1 Å². The van der Waals surface area contributed by atoms with Crippen LogP contribution in [0.25, 0.3) is 0 Å². The van der Waals surface area contributed by atoms with Crippen LogP contribution in [0.4, 0.5) is 0 Å². The van der Waals surface area contributed by atoms with E-state index in [2.05, 4.69) is 46.6 Å². The second-order valence-corrected chi connectivity index (χ2v) is 7.44. The predicted molar refractivity (Wildman–Crippen MR) is 80.7 cm³/mol. The molecule has 0 aliphatic heterocycles. The molecule has 1 atom stereocenters. The molecule has 0 radical (unpaired) electrons. The predicted octanol–water partition coefficient (Wildman–Crippen LogP) is 3.65. The summed E-state index contributed by atoms with van der Waals surface area (Å²) in [7, 11) is 2.28. The van der Waals surface area contributed by atoms with Crippen LogP contribution in [0.2, 0.25) is 0 Å². The molecular weight excluding hydrogens is 220 g/mol. The maximum Gasteiger partial charge on any atom is 0.0331 e. The van der Waals surface area contributed by atoms with Crippen molar-refractivity contribution in [3.8, 4) is 0 Å². The quantitative estimate of drug-likeness (QED) is 0.830. The molecule has 108 valence electrons. The van der Waals surface area contributed by atoms with Gasteiger partial charge in [0, 0.05) is 18.1 Å². The number of rotatable bonds is 4. The third-order valence-corrected chi connectivity index (χ3v) is 5.52. The van der Waals surface area contributed by atoms with E-state index in [0.717, 1.165) is 12.5 Å². The molecule has 18 heavy (non-hydrogen) atoms. The molecule has 0 aromatic rings. The first-order valence-electron chi connectivity index (χ1n) is 7.70. The molecule has 0 bridgehead atoms. The van der Waals surface area contributed by atoms with Gasteiger partial charge in [-0.15, -0.1) is 0 Å².